The zero-order valence-electron chi connectivity index (χ0n) is 9.40. The van der Waals surface area contributed by atoms with E-state index in [9.17, 15) is 0 Å². The van der Waals surface area contributed by atoms with Gasteiger partial charge in [0.2, 0.25) is 0 Å². The van der Waals surface area contributed by atoms with Crippen molar-refractivity contribution in [1.29, 1.82) is 0 Å². The van der Waals surface area contributed by atoms with E-state index in [1.807, 2.05) is 0 Å². The summed E-state index contributed by atoms with van der Waals surface area (Å²) in [5.74, 6) is 0. The minimum Gasteiger partial charge on any atom is -0.0853 e. The normalized spacial score (nSPS) is 13.5. The Balaban J connectivity index is 3.79. The number of allylic oxidation sites excluding steroid dienone is 4. The van der Waals surface area contributed by atoms with Gasteiger partial charge in [-0.3, -0.25) is 0 Å². The SMILES string of the molecule is [CH2]CC=C(CC)CCC=C(C)CC. The van der Waals surface area contributed by atoms with Crippen molar-refractivity contribution in [3.8, 4) is 0 Å². The molecule has 0 fully saturated rings. The second kappa shape index (κ2) is 8.10. The Labute approximate surface area is 83.7 Å². The molecule has 0 aliphatic heterocycles. The summed E-state index contributed by atoms with van der Waals surface area (Å²) in [5.41, 5.74) is 3.06. The molecule has 0 N–H and O–H groups in total. The zero-order valence-corrected chi connectivity index (χ0v) is 9.40. The van der Waals surface area contributed by atoms with Crippen molar-refractivity contribution in [2.45, 2.75) is 52.9 Å². The van der Waals surface area contributed by atoms with Crippen LogP contribution in [0, 0.1) is 6.92 Å². The van der Waals surface area contributed by atoms with Gasteiger partial charge in [-0.15, -0.1) is 0 Å². The fraction of sp³-hybridized carbons (Fsp3) is 0.615. The molecule has 0 saturated carbocycles. The Hall–Kier alpha value is -0.520. The van der Waals surface area contributed by atoms with Gasteiger partial charge >= 0.3 is 0 Å². The highest BCUT2D eigenvalue weighted by atomic mass is 14.0. The second-order valence-electron chi connectivity index (χ2n) is 3.45. The molecule has 0 saturated heterocycles. The van der Waals surface area contributed by atoms with Crippen molar-refractivity contribution in [1.82, 2.24) is 0 Å². The molecule has 0 aromatic carbocycles. The van der Waals surface area contributed by atoms with E-state index in [0.29, 0.717) is 0 Å². The van der Waals surface area contributed by atoms with E-state index in [0.717, 1.165) is 6.42 Å². The third kappa shape index (κ3) is 6.62. The predicted octanol–water partition coefficient (Wildman–Crippen LogP) is 4.68. The van der Waals surface area contributed by atoms with E-state index in [1.165, 1.54) is 31.3 Å². The highest BCUT2D eigenvalue weighted by molar-refractivity contribution is 5.05. The lowest BCUT2D eigenvalue weighted by Gasteiger charge is -2.02. The summed E-state index contributed by atoms with van der Waals surface area (Å²) >= 11 is 0. The summed E-state index contributed by atoms with van der Waals surface area (Å²) in [4.78, 5) is 0. The molecule has 0 heteroatoms. The highest BCUT2D eigenvalue weighted by Gasteiger charge is 1.92. The molecule has 0 unspecified atom stereocenters. The van der Waals surface area contributed by atoms with E-state index in [-0.39, 0.29) is 0 Å². The monoisotopic (exact) mass is 179 g/mol. The number of rotatable bonds is 6. The highest BCUT2D eigenvalue weighted by Crippen LogP contribution is 2.12. The van der Waals surface area contributed by atoms with Crippen molar-refractivity contribution in [3.05, 3.63) is 30.2 Å². The van der Waals surface area contributed by atoms with Gasteiger partial charge in [0.1, 0.15) is 0 Å². The zero-order chi connectivity index (χ0) is 10.1. The Bertz CT molecular complexity index is 172. The van der Waals surface area contributed by atoms with Gasteiger partial charge in [0.15, 0.2) is 0 Å². The van der Waals surface area contributed by atoms with Gasteiger partial charge in [0.25, 0.3) is 0 Å². The molecule has 0 heterocycles. The van der Waals surface area contributed by atoms with Crippen LogP contribution in [0.4, 0.5) is 0 Å². The first-order chi connectivity index (χ1) is 6.24. The molecule has 0 amide bonds. The Morgan fingerprint density at radius 3 is 2.31 bits per heavy atom. The van der Waals surface area contributed by atoms with Crippen LogP contribution >= 0.6 is 0 Å². The van der Waals surface area contributed by atoms with Crippen LogP contribution in [0.25, 0.3) is 0 Å². The fourth-order valence-electron chi connectivity index (χ4n) is 1.28. The molecule has 0 aliphatic rings. The van der Waals surface area contributed by atoms with E-state index in [1.54, 1.807) is 5.57 Å². The molecule has 0 rings (SSSR count). The molecule has 0 aromatic heterocycles. The third-order valence-electron chi connectivity index (χ3n) is 2.40. The first kappa shape index (κ1) is 12.5. The molecule has 0 aliphatic carbocycles. The smallest absolute Gasteiger partial charge is 0.0286 e. The van der Waals surface area contributed by atoms with E-state index >= 15 is 0 Å². The Kier molecular flexibility index (Phi) is 7.77. The molecular weight excluding hydrogens is 156 g/mol. The van der Waals surface area contributed by atoms with Gasteiger partial charge in [-0.1, -0.05) is 37.1 Å². The summed E-state index contributed by atoms with van der Waals surface area (Å²) in [6, 6.07) is 0. The van der Waals surface area contributed by atoms with Crippen LogP contribution in [-0.4, -0.2) is 0 Å². The van der Waals surface area contributed by atoms with Gasteiger partial charge < -0.3 is 0 Å². The molecule has 13 heavy (non-hydrogen) atoms. The van der Waals surface area contributed by atoms with Crippen LogP contribution < -0.4 is 0 Å². The van der Waals surface area contributed by atoms with Crippen LogP contribution in [-0.2, 0) is 0 Å². The summed E-state index contributed by atoms with van der Waals surface area (Å²) in [6.07, 6.45) is 10.3. The topological polar surface area (TPSA) is 0 Å². The molecule has 0 bridgehead atoms. The van der Waals surface area contributed by atoms with E-state index in [4.69, 9.17) is 0 Å². The predicted molar refractivity (Wildman–Crippen MR) is 61.6 cm³/mol. The van der Waals surface area contributed by atoms with Crippen molar-refractivity contribution >= 4 is 0 Å². The maximum Gasteiger partial charge on any atom is -0.0286 e. The average Bonchev–Trinajstić information content (AvgIpc) is 2.16. The minimum absolute atomic E-state index is 0.930. The lowest BCUT2D eigenvalue weighted by atomic mass is 10.0. The van der Waals surface area contributed by atoms with Crippen molar-refractivity contribution in [2.75, 3.05) is 0 Å². The number of hydrogen-bond donors (Lipinski definition) is 0. The standard InChI is InChI=1S/C13H23/c1-5-9-13(7-3)11-8-10-12(4)6-2/h9-10H,1,5-8,11H2,2-4H3. The molecule has 0 atom stereocenters. The summed E-state index contributed by atoms with van der Waals surface area (Å²) in [6.45, 7) is 10.5. The summed E-state index contributed by atoms with van der Waals surface area (Å²) in [7, 11) is 0. The van der Waals surface area contributed by atoms with Crippen molar-refractivity contribution in [3.63, 3.8) is 0 Å². The largest absolute Gasteiger partial charge is 0.0853 e. The molecule has 0 aromatic rings. The van der Waals surface area contributed by atoms with Crippen LogP contribution in [0.2, 0.25) is 0 Å². The average molecular weight is 179 g/mol. The molecular formula is C13H23. The fourth-order valence-corrected chi connectivity index (χ4v) is 1.28. The van der Waals surface area contributed by atoms with E-state index < -0.39 is 0 Å². The van der Waals surface area contributed by atoms with Gasteiger partial charge in [0, 0.05) is 0 Å². The van der Waals surface area contributed by atoms with Gasteiger partial charge in [0.05, 0.1) is 0 Å². The van der Waals surface area contributed by atoms with Crippen LogP contribution in [0.1, 0.15) is 52.9 Å². The maximum atomic E-state index is 3.84. The molecule has 75 valence electrons. The Morgan fingerprint density at radius 1 is 1.15 bits per heavy atom. The first-order valence-corrected chi connectivity index (χ1v) is 5.37. The van der Waals surface area contributed by atoms with Crippen LogP contribution in [0.3, 0.4) is 0 Å². The first-order valence-electron chi connectivity index (χ1n) is 5.37. The summed E-state index contributed by atoms with van der Waals surface area (Å²) in [5, 5.41) is 0. The van der Waals surface area contributed by atoms with Crippen LogP contribution in [0.15, 0.2) is 23.3 Å². The van der Waals surface area contributed by atoms with E-state index in [2.05, 4.69) is 39.8 Å². The van der Waals surface area contributed by atoms with Crippen molar-refractivity contribution < 1.29 is 0 Å². The Morgan fingerprint density at radius 2 is 1.85 bits per heavy atom. The van der Waals surface area contributed by atoms with Gasteiger partial charge in [-0.25, -0.2) is 0 Å². The van der Waals surface area contributed by atoms with Gasteiger partial charge in [-0.05, 0) is 46.0 Å². The maximum absolute atomic E-state index is 3.84. The lowest BCUT2D eigenvalue weighted by molar-refractivity contribution is 0.888. The third-order valence-corrected chi connectivity index (χ3v) is 2.40. The quantitative estimate of drug-likeness (QED) is 0.519. The van der Waals surface area contributed by atoms with Crippen LogP contribution in [0.5, 0.6) is 0 Å². The lowest BCUT2D eigenvalue weighted by Crippen LogP contribution is -1.81. The molecule has 0 spiro atoms. The van der Waals surface area contributed by atoms with Crippen molar-refractivity contribution in [2.24, 2.45) is 0 Å². The number of hydrogen-bond acceptors (Lipinski definition) is 0. The molecule has 0 nitrogen and oxygen atoms in total. The second-order valence-corrected chi connectivity index (χ2v) is 3.45. The van der Waals surface area contributed by atoms with Gasteiger partial charge in [-0.2, -0.15) is 0 Å². The minimum atomic E-state index is 0.930. The summed E-state index contributed by atoms with van der Waals surface area (Å²) < 4.78 is 0. The molecule has 1 radical (unpaired) electrons.